The lowest BCUT2D eigenvalue weighted by molar-refractivity contribution is -0.141. The third-order valence-corrected chi connectivity index (χ3v) is 2.59. The average Bonchev–Trinajstić information content (AvgIpc) is 2.44. The quantitative estimate of drug-likeness (QED) is 0.844. The summed E-state index contributed by atoms with van der Waals surface area (Å²) in [6, 6.07) is 8.98. The van der Waals surface area contributed by atoms with Crippen LogP contribution in [0.15, 0.2) is 36.5 Å². The second-order valence-corrected chi connectivity index (χ2v) is 3.86. The minimum absolute atomic E-state index is 0.136. The van der Waals surface area contributed by atoms with Crippen molar-refractivity contribution in [3.05, 3.63) is 42.1 Å². The molecule has 2 rings (SSSR count). The molecule has 0 atom stereocenters. The standard InChI is InChI=1S/C14H14N2O3/c1-2-19-13(17)9-16-14(18)11-7-8-15-12-6-4-3-5-10(11)12/h3-8H,2,9H2,1H3,(H,16,18). The molecule has 2 aromatic rings. The zero-order valence-electron chi connectivity index (χ0n) is 10.6. The number of rotatable bonds is 4. The van der Waals surface area contributed by atoms with Crippen molar-refractivity contribution >= 4 is 22.8 Å². The fourth-order valence-electron chi connectivity index (χ4n) is 1.75. The number of nitrogens with one attached hydrogen (secondary N) is 1. The van der Waals surface area contributed by atoms with Crippen molar-refractivity contribution in [3.63, 3.8) is 0 Å². The Morgan fingerprint density at radius 1 is 1.26 bits per heavy atom. The Hall–Kier alpha value is -2.43. The number of carbonyl (C=O) groups excluding carboxylic acids is 2. The number of hydrogen-bond acceptors (Lipinski definition) is 4. The molecule has 0 aliphatic carbocycles. The normalized spacial score (nSPS) is 10.2. The van der Waals surface area contributed by atoms with E-state index in [1.165, 1.54) is 0 Å². The van der Waals surface area contributed by atoms with Gasteiger partial charge in [0, 0.05) is 11.6 Å². The number of amides is 1. The largest absolute Gasteiger partial charge is 0.465 e. The summed E-state index contributed by atoms with van der Waals surface area (Å²) in [6.07, 6.45) is 1.57. The molecule has 0 radical (unpaired) electrons. The van der Waals surface area contributed by atoms with Crippen LogP contribution in [0.4, 0.5) is 0 Å². The highest BCUT2D eigenvalue weighted by molar-refractivity contribution is 6.06. The van der Waals surface area contributed by atoms with Gasteiger partial charge in [0.25, 0.3) is 5.91 Å². The topological polar surface area (TPSA) is 68.3 Å². The van der Waals surface area contributed by atoms with E-state index in [1.807, 2.05) is 24.3 Å². The number of esters is 1. The first kappa shape index (κ1) is 13.0. The van der Waals surface area contributed by atoms with Gasteiger partial charge in [-0.05, 0) is 19.1 Å². The fraction of sp³-hybridized carbons (Fsp3) is 0.214. The Morgan fingerprint density at radius 2 is 2.05 bits per heavy atom. The van der Waals surface area contributed by atoms with Crippen molar-refractivity contribution in [1.82, 2.24) is 10.3 Å². The number of benzene rings is 1. The Bertz CT molecular complexity index is 605. The molecule has 5 nitrogen and oxygen atoms in total. The zero-order chi connectivity index (χ0) is 13.7. The maximum Gasteiger partial charge on any atom is 0.325 e. The Labute approximate surface area is 110 Å². The lowest BCUT2D eigenvalue weighted by Crippen LogP contribution is -2.30. The van der Waals surface area contributed by atoms with Crippen LogP contribution in [0.2, 0.25) is 0 Å². The minimum Gasteiger partial charge on any atom is -0.465 e. The molecule has 1 aromatic heterocycles. The minimum atomic E-state index is -0.450. The van der Waals surface area contributed by atoms with Gasteiger partial charge in [-0.25, -0.2) is 0 Å². The highest BCUT2D eigenvalue weighted by atomic mass is 16.5. The molecule has 19 heavy (non-hydrogen) atoms. The van der Waals surface area contributed by atoms with Gasteiger partial charge in [0.15, 0.2) is 0 Å². The summed E-state index contributed by atoms with van der Waals surface area (Å²) in [5.41, 5.74) is 1.24. The molecule has 1 amide bonds. The molecule has 0 saturated heterocycles. The van der Waals surface area contributed by atoms with Crippen LogP contribution in [-0.4, -0.2) is 30.0 Å². The van der Waals surface area contributed by atoms with Gasteiger partial charge in [-0.15, -0.1) is 0 Å². The SMILES string of the molecule is CCOC(=O)CNC(=O)c1ccnc2ccccc12. The van der Waals surface area contributed by atoms with Gasteiger partial charge in [0.2, 0.25) is 0 Å². The van der Waals surface area contributed by atoms with Gasteiger partial charge in [0.1, 0.15) is 6.54 Å². The van der Waals surface area contributed by atoms with Crippen molar-refractivity contribution in [2.24, 2.45) is 0 Å². The van der Waals surface area contributed by atoms with Crippen LogP contribution in [0.5, 0.6) is 0 Å². The summed E-state index contributed by atoms with van der Waals surface area (Å²) >= 11 is 0. The van der Waals surface area contributed by atoms with Crippen LogP contribution in [0.1, 0.15) is 17.3 Å². The molecule has 1 heterocycles. The van der Waals surface area contributed by atoms with E-state index in [9.17, 15) is 9.59 Å². The van der Waals surface area contributed by atoms with Gasteiger partial charge in [-0.3, -0.25) is 14.6 Å². The van der Waals surface area contributed by atoms with E-state index in [0.717, 1.165) is 10.9 Å². The molecular weight excluding hydrogens is 244 g/mol. The maximum absolute atomic E-state index is 12.0. The molecule has 0 unspecified atom stereocenters. The first-order chi connectivity index (χ1) is 9.22. The van der Waals surface area contributed by atoms with Crippen molar-refractivity contribution in [3.8, 4) is 0 Å². The molecule has 0 saturated carbocycles. The van der Waals surface area contributed by atoms with Crippen LogP contribution in [-0.2, 0) is 9.53 Å². The van der Waals surface area contributed by atoms with E-state index in [2.05, 4.69) is 10.3 Å². The molecule has 0 bridgehead atoms. The summed E-state index contributed by atoms with van der Waals surface area (Å²) < 4.78 is 4.75. The average molecular weight is 258 g/mol. The van der Waals surface area contributed by atoms with E-state index in [1.54, 1.807) is 19.2 Å². The second kappa shape index (κ2) is 5.95. The summed E-state index contributed by atoms with van der Waals surface area (Å²) in [5.74, 6) is -0.763. The third-order valence-electron chi connectivity index (χ3n) is 2.59. The van der Waals surface area contributed by atoms with Crippen LogP contribution >= 0.6 is 0 Å². The molecule has 1 N–H and O–H groups in total. The van der Waals surface area contributed by atoms with Gasteiger partial charge in [-0.2, -0.15) is 0 Å². The molecule has 5 heteroatoms. The second-order valence-electron chi connectivity index (χ2n) is 3.86. The van der Waals surface area contributed by atoms with Gasteiger partial charge in [-0.1, -0.05) is 18.2 Å². The van der Waals surface area contributed by atoms with E-state index in [0.29, 0.717) is 12.2 Å². The number of para-hydroxylation sites is 1. The summed E-state index contributed by atoms with van der Waals surface area (Å²) in [5, 5.41) is 3.29. The third kappa shape index (κ3) is 3.07. The van der Waals surface area contributed by atoms with Crippen molar-refractivity contribution in [1.29, 1.82) is 0 Å². The monoisotopic (exact) mass is 258 g/mol. The van der Waals surface area contributed by atoms with E-state index in [4.69, 9.17) is 4.74 Å². The molecule has 0 aliphatic heterocycles. The van der Waals surface area contributed by atoms with Gasteiger partial charge < -0.3 is 10.1 Å². The highest BCUT2D eigenvalue weighted by Gasteiger charge is 2.11. The maximum atomic E-state index is 12.0. The number of nitrogens with zero attached hydrogens (tertiary/aromatic N) is 1. The Balaban J connectivity index is 2.15. The van der Waals surface area contributed by atoms with E-state index in [-0.39, 0.29) is 12.5 Å². The van der Waals surface area contributed by atoms with Crippen LogP contribution < -0.4 is 5.32 Å². The van der Waals surface area contributed by atoms with Crippen molar-refractivity contribution in [2.45, 2.75) is 6.92 Å². The van der Waals surface area contributed by atoms with Gasteiger partial charge in [0.05, 0.1) is 17.7 Å². The number of carbonyl (C=O) groups is 2. The number of fused-ring (bicyclic) bond motifs is 1. The van der Waals surface area contributed by atoms with Crippen molar-refractivity contribution < 1.29 is 14.3 Å². The predicted molar refractivity (Wildman–Crippen MR) is 70.7 cm³/mol. The molecule has 1 aromatic carbocycles. The first-order valence-electron chi connectivity index (χ1n) is 6.00. The summed E-state index contributed by atoms with van der Waals surface area (Å²) in [7, 11) is 0. The Kier molecular flexibility index (Phi) is 4.07. The molecule has 0 spiro atoms. The Morgan fingerprint density at radius 3 is 2.84 bits per heavy atom. The smallest absolute Gasteiger partial charge is 0.325 e. The van der Waals surface area contributed by atoms with Gasteiger partial charge >= 0.3 is 5.97 Å². The van der Waals surface area contributed by atoms with Crippen LogP contribution in [0, 0.1) is 0 Å². The molecular formula is C14H14N2O3. The van der Waals surface area contributed by atoms with Crippen molar-refractivity contribution in [2.75, 3.05) is 13.2 Å². The lowest BCUT2D eigenvalue weighted by atomic mass is 10.1. The number of ether oxygens (including phenoxy) is 1. The highest BCUT2D eigenvalue weighted by Crippen LogP contribution is 2.15. The van der Waals surface area contributed by atoms with E-state index >= 15 is 0 Å². The molecule has 0 aliphatic rings. The number of pyridine rings is 1. The molecule has 98 valence electrons. The summed E-state index contributed by atoms with van der Waals surface area (Å²) in [6.45, 7) is 1.88. The number of hydrogen-bond donors (Lipinski definition) is 1. The zero-order valence-corrected chi connectivity index (χ0v) is 10.6. The fourth-order valence-corrected chi connectivity index (χ4v) is 1.75. The molecule has 0 fully saturated rings. The predicted octanol–water partition coefficient (Wildman–Crippen LogP) is 1.53. The summed E-state index contributed by atoms with van der Waals surface area (Å²) in [4.78, 5) is 27.4. The van der Waals surface area contributed by atoms with Crippen LogP contribution in [0.25, 0.3) is 10.9 Å². The first-order valence-corrected chi connectivity index (χ1v) is 6.00. The lowest BCUT2D eigenvalue weighted by Gasteiger charge is -2.07. The van der Waals surface area contributed by atoms with E-state index < -0.39 is 5.97 Å². The van der Waals surface area contributed by atoms with Crippen LogP contribution in [0.3, 0.4) is 0 Å². The number of aromatic nitrogens is 1.